The molecule has 0 bridgehead atoms. The standard InChI is InChI=1S/C19H31NO/c1-18-9-7-13(21)11-12(18)3-4-14-15-5-6-17(20)19(15,2)10-8-16(14)18/h3,13-17,21H,4-11,20H2,1-2H3/t13-,14?,15?,16?,17?,18-,19-/m0/s1. The maximum Gasteiger partial charge on any atom is 0.0577 e. The van der Waals surface area contributed by atoms with Gasteiger partial charge in [0.25, 0.3) is 0 Å². The van der Waals surface area contributed by atoms with Gasteiger partial charge in [0.15, 0.2) is 0 Å². The van der Waals surface area contributed by atoms with E-state index in [2.05, 4.69) is 19.9 Å². The van der Waals surface area contributed by atoms with Crippen LogP contribution in [0.4, 0.5) is 0 Å². The summed E-state index contributed by atoms with van der Waals surface area (Å²) >= 11 is 0. The van der Waals surface area contributed by atoms with Crippen molar-refractivity contribution in [1.29, 1.82) is 0 Å². The Kier molecular flexibility index (Phi) is 3.11. The summed E-state index contributed by atoms with van der Waals surface area (Å²) in [5.41, 5.74) is 8.83. The van der Waals surface area contributed by atoms with Gasteiger partial charge in [-0.1, -0.05) is 25.5 Å². The molecule has 2 heteroatoms. The summed E-state index contributed by atoms with van der Waals surface area (Å²) in [6.45, 7) is 4.97. The first-order valence-corrected chi connectivity index (χ1v) is 9.08. The van der Waals surface area contributed by atoms with Gasteiger partial charge >= 0.3 is 0 Å². The van der Waals surface area contributed by atoms with Gasteiger partial charge in [0.1, 0.15) is 0 Å². The van der Waals surface area contributed by atoms with Crippen LogP contribution in [0.5, 0.6) is 0 Å². The lowest BCUT2D eigenvalue weighted by Gasteiger charge is -2.57. The average molecular weight is 289 g/mol. The van der Waals surface area contributed by atoms with E-state index in [1.807, 2.05) is 0 Å². The number of aliphatic hydroxyl groups is 1. The van der Waals surface area contributed by atoms with Crippen molar-refractivity contribution >= 4 is 0 Å². The van der Waals surface area contributed by atoms with Gasteiger partial charge < -0.3 is 10.8 Å². The summed E-state index contributed by atoms with van der Waals surface area (Å²) < 4.78 is 0. The molecule has 4 unspecified atom stereocenters. The molecular weight excluding hydrogens is 258 g/mol. The van der Waals surface area contributed by atoms with E-state index in [4.69, 9.17) is 5.73 Å². The summed E-state index contributed by atoms with van der Waals surface area (Å²) in [6, 6.07) is 0.426. The number of fused-ring (bicyclic) bond motifs is 5. The minimum absolute atomic E-state index is 0.0883. The molecule has 0 amide bonds. The molecule has 3 N–H and O–H groups in total. The molecule has 7 atom stereocenters. The first-order valence-electron chi connectivity index (χ1n) is 9.08. The Morgan fingerprint density at radius 1 is 1.10 bits per heavy atom. The number of rotatable bonds is 0. The van der Waals surface area contributed by atoms with Gasteiger partial charge in [-0.2, -0.15) is 0 Å². The van der Waals surface area contributed by atoms with Crippen molar-refractivity contribution in [1.82, 2.24) is 0 Å². The number of allylic oxidation sites excluding steroid dienone is 1. The Bertz CT molecular complexity index is 472. The van der Waals surface area contributed by atoms with Crippen LogP contribution in [0, 0.1) is 28.6 Å². The average Bonchev–Trinajstić information content (AvgIpc) is 2.76. The first-order chi connectivity index (χ1) is 9.95. The van der Waals surface area contributed by atoms with Gasteiger partial charge in [0.2, 0.25) is 0 Å². The summed E-state index contributed by atoms with van der Waals surface area (Å²) in [4.78, 5) is 0. The normalized spacial score (nSPS) is 56.2. The van der Waals surface area contributed by atoms with E-state index in [-0.39, 0.29) is 6.10 Å². The van der Waals surface area contributed by atoms with Gasteiger partial charge in [-0.25, -0.2) is 0 Å². The fraction of sp³-hybridized carbons (Fsp3) is 0.895. The molecule has 0 saturated heterocycles. The van der Waals surface area contributed by atoms with E-state index in [0.29, 0.717) is 16.9 Å². The molecule has 2 nitrogen and oxygen atoms in total. The molecule has 0 spiro atoms. The van der Waals surface area contributed by atoms with Gasteiger partial charge in [-0.15, -0.1) is 0 Å². The second-order valence-corrected chi connectivity index (χ2v) is 8.88. The van der Waals surface area contributed by atoms with Crippen LogP contribution in [0.2, 0.25) is 0 Å². The van der Waals surface area contributed by atoms with Crippen molar-refractivity contribution in [3.05, 3.63) is 11.6 Å². The number of hydrogen-bond acceptors (Lipinski definition) is 2. The maximum atomic E-state index is 10.0. The Morgan fingerprint density at radius 3 is 2.71 bits per heavy atom. The molecule has 0 aromatic heterocycles. The molecule has 21 heavy (non-hydrogen) atoms. The van der Waals surface area contributed by atoms with E-state index < -0.39 is 0 Å². The predicted octanol–water partition coefficient (Wildman–Crippen LogP) is 3.64. The molecule has 3 saturated carbocycles. The highest BCUT2D eigenvalue weighted by Gasteiger charge is 2.57. The molecule has 0 aromatic carbocycles. The molecule has 4 aliphatic rings. The molecule has 0 aromatic rings. The minimum Gasteiger partial charge on any atom is -0.393 e. The van der Waals surface area contributed by atoms with E-state index >= 15 is 0 Å². The van der Waals surface area contributed by atoms with Gasteiger partial charge in [-0.3, -0.25) is 0 Å². The molecule has 4 rings (SSSR count). The smallest absolute Gasteiger partial charge is 0.0577 e. The van der Waals surface area contributed by atoms with Crippen LogP contribution >= 0.6 is 0 Å². The maximum absolute atomic E-state index is 10.0. The van der Waals surface area contributed by atoms with Crippen LogP contribution in [0.3, 0.4) is 0 Å². The van der Waals surface area contributed by atoms with Crippen LogP contribution in [-0.2, 0) is 0 Å². The zero-order chi connectivity index (χ0) is 14.8. The fourth-order valence-electron chi connectivity index (χ4n) is 6.68. The predicted molar refractivity (Wildman–Crippen MR) is 85.7 cm³/mol. The Morgan fingerprint density at radius 2 is 1.90 bits per heavy atom. The molecule has 0 heterocycles. The topological polar surface area (TPSA) is 46.2 Å². The largest absolute Gasteiger partial charge is 0.393 e. The lowest BCUT2D eigenvalue weighted by atomic mass is 9.48. The van der Waals surface area contributed by atoms with Crippen LogP contribution < -0.4 is 5.73 Å². The third-order valence-corrected chi connectivity index (χ3v) is 8.15. The second kappa shape index (κ2) is 4.58. The lowest BCUT2D eigenvalue weighted by molar-refractivity contribution is -0.0401. The summed E-state index contributed by atoms with van der Waals surface area (Å²) in [5.74, 6) is 2.53. The third-order valence-electron chi connectivity index (χ3n) is 8.15. The SMILES string of the molecule is C[C@]12CCC3C(CC=C4C[C@@H](O)CC[C@@]43C)C1CCC2N. The zero-order valence-corrected chi connectivity index (χ0v) is 13.6. The molecule has 0 aliphatic heterocycles. The summed E-state index contributed by atoms with van der Waals surface area (Å²) in [7, 11) is 0. The number of nitrogens with two attached hydrogens (primary N) is 1. The third kappa shape index (κ3) is 1.84. The highest BCUT2D eigenvalue weighted by atomic mass is 16.3. The van der Waals surface area contributed by atoms with Gasteiger partial charge in [0.05, 0.1) is 6.10 Å². The van der Waals surface area contributed by atoms with Gasteiger partial charge in [0, 0.05) is 6.04 Å². The summed E-state index contributed by atoms with van der Waals surface area (Å²) in [5, 5.41) is 10.0. The van der Waals surface area contributed by atoms with E-state index in [1.54, 1.807) is 5.57 Å². The quantitative estimate of drug-likeness (QED) is 0.669. The Balaban J connectivity index is 1.68. The zero-order valence-electron chi connectivity index (χ0n) is 13.6. The van der Waals surface area contributed by atoms with Crippen molar-refractivity contribution in [3.63, 3.8) is 0 Å². The second-order valence-electron chi connectivity index (χ2n) is 8.88. The lowest BCUT2D eigenvalue weighted by Crippen LogP contribution is -2.52. The first kappa shape index (κ1) is 14.3. The van der Waals surface area contributed by atoms with Crippen molar-refractivity contribution in [2.24, 2.45) is 34.3 Å². The molecular formula is C19H31NO. The minimum atomic E-state index is -0.0883. The fourth-order valence-corrected chi connectivity index (χ4v) is 6.68. The molecule has 3 fully saturated rings. The Hall–Kier alpha value is -0.340. The molecule has 0 radical (unpaired) electrons. The highest BCUT2D eigenvalue weighted by molar-refractivity contribution is 5.25. The van der Waals surface area contributed by atoms with Crippen LogP contribution in [0.1, 0.15) is 65.2 Å². The van der Waals surface area contributed by atoms with Crippen molar-refractivity contribution in [2.75, 3.05) is 0 Å². The summed E-state index contributed by atoms with van der Waals surface area (Å²) in [6.07, 6.45) is 12.1. The number of hydrogen-bond donors (Lipinski definition) is 2. The molecule has 4 aliphatic carbocycles. The van der Waals surface area contributed by atoms with Crippen molar-refractivity contribution in [3.8, 4) is 0 Å². The van der Waals surface area contributed by atoms with E-state index in [0.717, 1.165) is 30.6 Å². The van der Waals surface area contributed by atoms with Crippen molar-refractivity contribution in [2.45, 2.75) is 77.4 Å². The van der Waals surface area contributed by atoms with Crippen molar-refractivity contribution < 1.29 is 5.11 Å². The van der Waals surface area contributed by atoms with Crippen LogP contribution in [-0.4, -0.2) is 17.3 Å². The van der Waals surface area contributed by atoms with E-state index in [1.165, 1.54) is 38.5 Å². The Labute approximate surface area is 129 Å². The van der Waals surface area contributed by atoms with Gasteiger partial charge in [-0.05, 0) is 80.0 Å². The molecule has 118 valence electrons. The van der Waals surface area contributed by atoms with E-state index in [9.17, 15) is 5.11 Å². The van der Waals surface area contributed by atoms with Crippen LogP contribution in [0.25, 0.3) is 0 Å². The highest BCUT2D eigenvalue weighted by Crippen LogP contribution is 2.64. The number of aliphatic hydroxyl groups excluding tert-OH is 1. The monoisotopic (exact) mass is 289 g/mol. The van der Waals surface area contributed by atoms with Crippen LogP contribution in [0.15, 0.2) is 11.6 Å².